The van der Waals surface area contributed by atoms with Gasteiger partial charge in [-0.3, -0.25) is 9.48 Å². The highest BCUT2D eigenvalue weighted by molar-refractivity contribution is 5.75. The zero-order chi connectivity index (χ0) is 14.9. The third-order valence-corrected chi connectivity index (χ3v) is 5.57. The van der Waals surface area contributed by atoms with Gasteiger partial charge in [-0.1, -0.05) is 19.8 Å². The Kier molecular flexibility index (Phi) is 4.05. The Morgan fingerprint density at radius 2 is 2.00 bits per heavy atom. The van der Waals surface area contributed by atoms with Crippen LogP contribution >= 0.6 is 0 Å². The Hall–Kier alpha value is -1.32. The van der Waals surface area contributed by atoms with Crippen molar-refractivity contribution in [3.05, 3.63) is 18.0 Å². The summed E-state index contributed by atoms with van der Waals surface area (Å²) in [5.41, 5.74) is 0.375. The van der Waals surface area contributed by atoms with Crippen LogP contribution < -0.4 is 0 Å². The van der Waals surface area contributed by atoms with Crippen LogP contribution in [0.25, 0.3) is 0 Å². The van der Waals surface area contributed by atoms with Gasteiger partial charge in [0.05, 0.1) is 17.2 Å². The monoisotopic (exact) mass is 290 g/mol. The maximum absolute atomic E-state index is 11.8. The minimum Gasteiger partial charge on any atom is -0.481 e. The molecule has 0 aromatic carbocycles. The Labute approximate surface area is 126 Å². The van der Waals surface area contributed by atoms with Gasteiger partial charge in [-0.2, -0.15) is 5.10 Å². The van der Waals surface area contributed by atoms with E-state index in [2.05, 4.69) is 16.7 Å². The van der Waals surface area contributed by atoms with E-state index in [1.807, 2.05) is 12.3 Å². The highest BCUT2D eigenvalue weighted by Crippen LogP contribution is 2.41. The lowest BCUT2D eigenvalue weighted by molar-refractivity contribution is -0.151. The average molecular weight is 290 g/mol. The summed E-state index contributed by atoms with van der Waals surface area (Å²) in [7, 11) is 0. The summed E-state index contributed by atoms with van der Waals surface area (Å²) in [6.45, 7) is 2.22. The first-order chi connectivity index (χ1) is 10.1. The van der Waals surface area contributed by atoms with Crippen molar-refractivity contribution in [3.63, 3.8) is 0 Å². The summed E-state index contributed by atoms with van der Waals surface area (Å²) < 4.78 is 2.07. The highest BCUT2D eigenvalue weighted by atomic mass is 16.4. The summed E-state index contributed by atoms with van der Waals surface area (Å²) in [4.78, 5) is 11.8. The Morgan fingerprint density at radius 1 is 1.33 bits per heavy atom. The van der Waals surface area contributed by atoms with Crippen molar-refractivity contribution in [1.29, 1.82) is 0 Å². The van der Waals surface area contributed by atoms with E-state index in [0.29, 0.717) is 18.4 Å². The number of nitrogens with zero attached hydrogens (tertiary/aromatic N) is 2. The number of carboxylic acid groups (broad SMARTS) is 1. The van der Waals surface area contributed by atoms with Crippen LogP contribution in [0.4, 0.5) is 0 Å². The normalized spacial score (nSPS) is 30.6. The van der Waals surface area contributed by atoms with Gasteiger partial charge in [-0.25, -0.2) is 0 Å². The molecule has 1 aromatic heterocycles. The first-order valence-electron chi connectivity index (χ1n) is 8.36. The molecule has 2 fully saturated rings. The molecule has 0 atom stereocenters. The largest absolute Gasteiger partial charge is 0.481 e. The van der Waals surface area contributed by atoms with Gasteiger partial charge < -0.3 is 5.11 Å². The molecule has 0 aliphatic heterocycles. The van der Waals surface area contributed by atoms with Crippen LogP contribution in [0.5, 0.6) is 0 Å². The van der Waals surface area contributed by atoms with Gasteiger partial charge in [0.25, 0.3) is 0 Å². The second kappa shape index (κ2) is 5.82. The number of hydrogen-bond acceptors (Lipinski definition) is 2. The van der Waals surface area contributed by atoms with Gasteiger partial charge in [-0.15, -0.1) is 0 Å². The molecule has 0 bridgehead atoms. The summed E-state index contributed by atoms with van der Waals surface area (Å²) in [5, 5.41) is 14.4. The summed E-state index contributed by atoms with van der Waals surface area (Å²) in [5.74, 6) is 0.0262. The van der Waals surface area contributed by atoms with Crippen molar-refractivity contribution in [3.8, 4) is 0 Å². The molecule has 1 aromatic rings. The minimum absolute atomic E-state index is 0.533. The first kappa shape index (κ1) is 14.6. The molecule has 4 heteroatoms. The number of rotatable bonds is 4. The number of aliphatic carboxylic acids is 1. The number of hydrogen-bond donors (Lipinski definition) is 1. The molecule has 2 aliphatic carbocycles. The third-order valence-electron chi connectivity index (χ3n) is 5.57. The molecule has 3 rings (SSSR count). The minimum atomic E-state index is -0.634. The lowest BCUT2D eigenvalue weighted by atomic mass is 9.68. The first-order valence-corrected chi connectivity index (χ1v) is 8.36. The molecule has 2 saturated carbocycles. The zero-order valence-corrected chi connectivity index (χ0v) is 12.9. The summed E-state index contributed by atoms with van der Waals surface area (Å²) in [6.07, 6.45) is 11.3. The standard InChI is InChI=1S/C17H26N2O2/c1-13-6-9-17(10-7-13,16(20)21)12-14-8-11-19(18-14)15-4-2-3-5-15/h8,11,13,15H,2-7,9-10,12H2,1H3,(H,20,21). The molecule has 0 radical (unpaired) electrons. The zero-order valence-electron chi connectivity index (χ0n) is 12.9. The van der Waals surface area contributed by atoms with Crippen molar-refractivity contribution in [2.75, 3.05) is 0 Å². The van der Waals surface area contributed by atoms with E-state index in [1.165, 1.54) is 25.7 Å². The van der Waals surface area contributed by atoms with Gasteiger partial charge in [-0.05, 0) is 50.5 Å². The molecule has 1 heterocycles. The van der Waals surface area contributed by atoms with Gasteiger partial charge in [0.1, 0.15) is 0 Å². The van der Waals surface area contributed by atoms with Crippen LogP contribution in [0.3, 0.4) is 0 Å². The lowest BCUT2D eigenvalue weighted by Crippen LogP contribution is -2.37. The molecular weight excluding hydrogens is 264 g/mol. The number of carboxylic acids is 1. The van der Waals surface area contributed by atoms with Crippen molar-refractivity contribution in [2.45, 2.75) is 70.8 Å². The Balaban J connectivity index is 1.72. The van der Waals surface area contributed by atoms with Crippen molar-refractivity contribution < 1.29 is 9.90 Å². The molecule has 116 valence electrons. The van der Waals surface area contributed by atoms with E-state index >= 15 is 0 Å². The molecule has 2 aliphatic rings. The maximum Gasteiger partial charge on any atom is 0.310 e. The molecule has 0 amide bonds. The fraction of sp³-hybridized carbons (Fsp3) is 0.765. The van der Waals surface area contributed by atoms with Gasteiger partial charge in [0.15, 0.2) is 0 Å². The fourth-order valence-corrected chi connectivity index (χ4v) is 3.97. The topological polar surface area (TPSA) is 55.1 Å². The van der Waals surface area contributed by atoms with Crippen molar-refractivity contribution in [2.24, 2.45) is 11.3 Å². The molecule has 1 N–H and O–H groups in total. The van der Waals surface area contributed by atoms with E-state index in [0.717, 1.165) is 31.4 Å². The highest BCUT2D eigenvalue weighted by Gasteiger charge is 2.41. The SMILES string of the molecule is CC1CCC(Cc2ccn(C3CCCC3)n2)(C(=O)O)CC1. The van der Waals surface area contributed by atoms with Crippen molar-refractivity contribution in [1.82, 2.24) is 9.78 Å². The van der Waals surface area contributed by atoms with Crippen LogP contribution in [-0.4, -0.2) is 20.9 Å². The summed E-state index contributed by atoms with van der Waals surface area (Å²) >= 11 is 0. The van der Waals surface area contributed by atoms with E-state index in [4.69, 9.17) is 0 Å². The second-order valence-electron chi connectivity index (χ2n) is 7.17. The Bertz CT molecular complexity index is 495. The second-order valence-corrected chi connectivity index (χ2v) is 7.17. The Morgan fingerprint density at radius 3 is 2.62 bits per heavy atom. The molecule has 21 heavy (non-hydrogen) atoms. The maximum atomic E-state index is 11.8. The van der Waals surface area contributed by atoms with Crippen LogP contribution in [0.1, 0.15) is 70.0 Å². The van der Waals surface area contributed by atoms with Gasteiger partial charge >= 0.3 is 5.97 Å². The molecule has 0 unspecified atom stereocenters. The van der Waals surface area contributed by atoms with Crippen molar-refractivity contribution >= 4 is 5.97 Å². The number of carbonyl (C=O) groups is 1. The van der Waals surface area contributed by atoms with E-state index < -0.39 is 11.4 Å². The molecule has 0 saturated heterocycles. The molecule has 0 spiro atoms. The van der Waals surface area contributed by atoms with E-state index in [-0.39, 0.29) is 0 Å². The summed E-state index contributed by atoms with van der Waals surface area (Å²) in [6, 6.07) is 2.56. The third kappa shape index (κ3) is 2.99. The fourth-order valence-electron chi connectivity index (χ4n) is 3.97. The molecular formula is C17H26N2O2. The van der Waals surface area contributed by atoms with E-state index in [1.54, 1.807) is 0 Å². The molecule has 4 nitrogen and oxygen atoms in total. The van der Waals surface area contributed by atoms with Crippen LogP contribution in [0, 0.1) is 11.3 Å². The smallest absolute Gasteiger partial charge is 0.310 e. The average Bonchev–Trinajstić information content (AvgIpc) is 3.12. The van der Waals surface area contributed by atoms with Gasteiger partial charge in [0, 0.05) is 12.6 Å². The lowest BCUT2D eigenvalue weighted by Gasteiger charge is -2.35. The predicted molar refractivity (Wildman–Crippen MR) is 81.1 cm³/mol. The van der Waals surface area contributed by atoms with Crippen LogP contribution in [0.15, 0.2) is 12.3 Å². The number of aromatic nitrogens is 2. The quantitative estimate of drug-likeness (QED) is 0.917. The van der Waals surface area contributed by atoms with E-state index in [9.17, 15) is 9.90 Å². The predicted octanol–water partition coefficient (Wildman–Crippen LogP) is 3.82. The van der Waals surface area contributed by atoms with Crippen LogP contribution in [0.2, 0.25) is 0 Å². The van der Waals surface area contributed by atoms with Crippen LogP contribution in [-0.2, 0) is 11.2 Å². The van der Waals surface area contributed by atoms with Gasteiger partial charge in [0.2, 0.25) is 0 Å².